The molecule has 3 atom stereocenters. The molecule has 4 nitrogen and oxygen atoms in total. The lowest BCUT2D eigenvalue weighted by molar-refractivity contribution is 0.180. The summed E-state index contributed by atoms with van der Waals surface area (Å²) in [4.78, 5) is 5.62. The molecule has 3 unspecified atom stereocenters. The average Bonchev–Trinajstić information content (AvgIpc) is 3.16. The summed E-state index contributed by atoms with van der Waals surface area (Å²) >= 11 is 1.77. The van der Waals surface area contributed by atoms with Gasteiger partial charge in [0.05, 0.1) is 30.7 Å². The second-order valence-electron chi connectivity index (χ2n) is 5.07. The lowest BCUT2D eigenvalue weighted by atomic mass is 9.97. The molecule has 1 fully saturated rings. The molecular weight excluding hydrogens is 258 g/mol. The van der Waals surface area contributed by atoms with E-state index in [-0.39, 0.29) is 12.1 Å². The number of aromatic nitrogens is 2. The third-order valence-electron chi connectivity index (χ3n) is 3.88. The predicted molar refractivity (Wildman–Crippen MR) is 76.2 cm³/mol. The van der Waals surface area contributed by atoms with Crippen LogP contribution in [-0.4, -0.2) is 22.8 Å². The molecule has 2 aromatic rings. The van der Waals surface area contributed by atoms with E-state index < -0.39 is 0 Å². The highest BCUT2D eigenvalue weighted by Gasteiger charge is 2.27. The van der Waals surface area contributed by atoms with E-state index in [1.54, 1.807) is 11.3 Å². The van der Waals surface area contributed by atoms with E-state index in [1.165, 1.54) is 4.88 Å². The summed E-state index contributed by atoms with van der Waals surface area (Å²) in [5, 5.41) is 2.10. The fourth-order valence-corrected chi connectivity index (χ4v) is 3.42. The van der Waals surface area contributed by atoms with Gasteiger partial charge in [-0.1, -0.05) is 6.07 Å². The van der Waals surface area contributed by atoms with Gasteiger partial charge in [0.2, 0.25) is 0 Å². The zero-order valence-electron chi connectivity index (χ0n) is 11.0. The van der Waals surface area contributed by atoms with Gasteiger partial charge in [-0.3, -0.25) is 0 Å². The van der Waals surface area contributed by atoms with E-state index >= 15 is 0 Å². The molecule has 2 aromatic heterocycles. The minimum absolute atomic E-state index is 0.00686. The topological polar surface area (TPSA) is 53.1 Å². The molecule has 2 N–H and O–H groups in total. The van der Waals surface area contributed by atoms with Crippen molar-refractivity contribution in [2.24, 2.45) is 11.7 Å². The first kappa shape index (κ1) is 12.8. The Kier molecular flexibility index (Phi) is 3.68. The quantitative estimate of drug-likeness (QED) is 0.934. The van der Waals surface area contributed by atoms with E-state index in [0.717, 1.165) is 25.3 Å². The fourth-order valence-electron chi connectivity index (χ4n) is 2.64. The van der Waals surface area contributed by atoms with Crippen molar-refractivity contribution in [3.05, 3.63) is 40.6 Å². The molecule has 3 rings (SSSR count). The smallest absolute Gasteiger partial charge is 0.0954 e. The van der Waals surface area contributed by atoms with Crippen LogP contribution in [0.3, 0.4) is 0 Å². The van der Waals surface area contributed by atoms with Crippen LogP contribution in [0.15, 0.2) is 30.0 Å². The van der Waals surface area contributed by atoms with Crippen molar-refractivity contribution in [3.63, 3.8) is 0 Å². The van der Waals surface area contributed by atoms with Gasteiger partial charge in [0.25, 0.3) is 0 Å². The summed E-state index contributed by atoms with van der Waals surface area (Å²) in [7, 11) is 0. The average molecular weight is 277 g/mol. The number of nitrogens with zero attached hydrogens (tertiary/aromatic N) is 2. The van der Waals surface area contributed by atoms with Crippen molar-refractivity contribution >= 4 is 11.3 Å². The van der Waals surface area contributed by atoms with Gasteiger partial charge in [-0.05, 0) is 24.8 Å². The Hall–Kier alpha value is -1.17. The molecule has 102 valence electrons. The third kappa shape index (κ3) is 2.45. The van der Waals surface area contributed by atoms with Crippen LogP contribution in [0.4, 0.5) is 0 Å². The normalized spacial score (nSPS) is 22.5. The van der Waals surface area contributed by atoms with Crippen molar-refractivity contribution in [1.29, 1.82) is 0 Å². The molecule has 0 radical (unpaired) electrons. The second kappa shape index (κ2) is 5.45. The molecule has 19 heavy (non-hydrogen) atoms. The first-order valence-corrected chi connectivity index (χ1v) is 7.54. The SMILES string of the molecule is CC(c1cccs1)n1cncc1C(N)C1CCOC1. The first-order valence-electron chi connectivity index (χ1n) is 6.66. The zero-order chi connectivity index (χ0) is 13.2. The summed E-state index contributed by atoms with van der Waals surface area (Å²) in [6, 6.07) is 4.53. The predicted octanol–water partition coefficient (Wildman–Crippen LogP) is 2.59. The molecule has 0 aliphatic carbocycles. The molecule has 0 bridgehead atoms. The molecule has 0 saturated carbocycles. The number of ether oxygens (including phenoxy) is 1. The molecule has 0 spiro atoms. The van der Waals surface area contributed by atoms with E-state index in [0.29, 0.717) is 5.92 Å². The van der Waals surface area contributed by atoms with Crippen LogP contribution in [0.5, 0.6) is 0 Å². The molecule has 1 aliphatic rings. The van der Waals surface area contributed by atoms with E-state index in [9.17, 15) is 0 Å². The van der Waals surface area contributed by atoms with Crippen LogP contribution >= 0.6 is 11.3 Å². The number of imidazole rings is 1. The van der Waals surface area contributed by atoms with Gasteiger partial charge < -0.3 is 15.0 Å². The molecule has 0 aromatic carbocycles. The highest BCUT2D eigenvalue weighted by molar-refractivity contribution is 7.10. The standard InChI is InChI=1S/C14H19N3OS/c1-10(13-3-2-6-19-13)17-9-16-7-12(17)14(15)11-4-5-18-8-11/h2-3,6-7,9-11,14H,4-5,8,15H2,1H3. The van der Waals surface area contributed by atoms with Crippen molar-refractivity contribution in [3.8, 4) is 0 Å². The number of thiophene rings is 1. The van der Waals surface area contributed by atoms with Crippen LogP contribution in [-0.2, 0) is 4.74 Å². The fraction of sp³-hybridized carbons (Fsp3) is 0.500. The Morgan fingerprint density at radius 1 is 1.58 bits per heavy atom. The summed E-state index contributed by atoms with van der Waals surface area (Å²) in [5.41, 5.74) is 7.51. The van der Waals surface area contributed by atoms with Gasteiger partial charge in [0, 0.05) is 23.6 Å². The lowest BCUT2D eigenvalue weighted by Gasteiger charge is -2.22. The summed E-state index contributed by atoms with van der Waals surface area (Å²) in [6.07, 6.45) is 4.82. The Balaban J connectivity index is 1.85. The van der Waals surface area contributed by atoms with E-state index in [2.05, 4.69) is 34.0 Å². The maximum Gasteiger partial charge on any atom is 0.0954 e. The van der Waals surface area contributed by atoms with Gasteiger partial charge >= 0.3 is 0 Å². The van der Waals surface area contributed by atoms with Crippen molar-refractivity contribution in [2.75, 3.05) is 13.2 Å². The number of hydrogen-bond acceptors (Lipinski definition) is 4. The Bertz CT molecular complexity index is 517. The van der Waals surface area contributed by atoms with Crippen molar-refractivity contribution in [1.82, 2.24) is 9.55 Å². The van der Waals surface area contributed by atoms with Crippen molar-refractivity contribution in [2.45, 2.75) is 25.4 Å². The largest absolute Gasteiger partial charge is 0.381 e. The Morgan fingerprint density at radius 2 is 2.47 bits per heavy atom. The van der Waals surface area contributed by atoms with Crippen LogP contribution in [0.25, 0.3) is 0 Å². The lowest BCUT2D eigenvalue weighted by Crippen LogP contribution is -2.25. The third-order valence-corrected chi connectivity index (χ3v) is 4.93. The molecule has 0 amide bonds. The van der Waals surface area contributed by atoms with E-state index in [1.807, 2.05) is 12.5 Å². The summed E-state index contributed by atoms with van der Waals surface area (Å²) in [5.74, 6) is 0.408. The zero-order valence-corrected chi connectivity index (χ0v) is 11.8. The highest BCUT2D eigenvalue weighted by Crippen LogP contribution is 2.30. The Labute approximate surface area is 117 Å². The van der Waals surface area contributed by atoms with Gasteiger partial charge in [-0.25, -0.2) is 4.98 Å². The number of rotatable bonds is 4. The number of nitrogens with two attached hydrogens (primary N) is 1. The highest BCUT2D eigenvalue weighted by atomic mass is 32.1. The van der Waals surface area contributed by atoms with Crippen molar-refractivity contribution < 1.29 is 4.74 Å². The van der Waals surface area contributed by atoms with Gasteiger partial charge in [0.15, 0.2) is 0 Å². The maximum atomic E-state index is 6.40. The molecule has 1 aliphatic heterocycles. The first-order chi connectivity index (χ1) is 9.27. The monoisotopic (exact) mass is 277 g/mol. The Morgan fingerprint density at radius 3 is 3.16 bits per heavy atom. The summed E-state index contributed by atoms with van der Waals surface area (Å²) < 4.78 is 7.63. The van der Waals surface area contributed by atoms with Crippen LogP contribution in [0.1, 0.15) is 36.0 Å². The van der Waals surface area contributed by atoms with Gasteiger partial charge in [0.1, 0.15) is 0 Å². The van der Waals surface area contributed by atoms with Crippen LogP contribution < -0.4 is 5.73 Å². The summed E-state index contributed by atoms with van der Waals surface area (Å²) in [6.45, 7) is 3.78. The minimum Gasteiger partial charge on any atom is -0.381 e. The van der Waals surface area contributed by atoms with Gasteiger partial charge in [-0.2, -0.15) is 0 Å². The number of hydrogen-bond donors (Lipinski definition) is 1. The van der Waals surface area contributed by atoms with E-state index in [4.69, 9.17) is 10.5 Å². The molecule has 3 heterocycles. The second-order valence-corrected chi connectivity index (χ2v) is 6.05. The maximum absolute atomic E-state index is 6.40. The molecular formula is C14H19N3OS. The molecule has 5 heteroatoms. The van der Waals surface area contributed by atoms with Gasteiger partial charge in [-0.15, -0.1) is 11.3 Å². The van der Waals surface area contributed by atoms with Crippen LogP contribution in [0.2, 0.25) is 0 Å². The minimum atomic E-state index is 0.00686. The van der Waals surface area contributed by atoms with Crippen LogP contribution in [0, 0.1) is 5.92 Å². The molecule has 1 saturated heterocycles.